The molecule has 0 aromatic heterocycles. The van der Waals surface area contributed by atoms with Crippen LogP contribution in [0.1, 0.15) is 12.8 Å². The van der Waals surface area contributed by atoms with Crippen molar-refractivity contribution in [2.75, 3.05) is 35.7 Å². The van der Waals surface area contributed by atoms with Gasteiger partial charge >= 0.3 is 6.03 Å². The van der Waals surface area contributed by atoms with Crippen LogP contribution in [0.4, 0.5) is 21.9 Å². The van der Waals surface area contributed by atoms with Gasteiger partial charge in [0, 0.05) is 42.3 Å². The van der Waals surface area contributed by atoms with Crippen LogP contribution in [0.15, 0.2) is 48.5 Å². The fourth-order valence-electron chi connectivity index (χ4n) is 2.95. The SMILES string of the molecule is COC1CCCN(c2ccc(NC(=O)Nc3ccc(Cl)cc3)cc2)C1. The summed E-state index contributed by atoms with van der Waals surface area (Å²) in [6.07, 6.45) is 2.52. The molecule has 6 heteroatoms. The third kappa shape index (κ3) is 4.87. The van der Waals surface area contributed by atoms with Gasteiger partial charge in [0.05, 0.1) is 6.10 Å². The number of halogens is 1. The van der Waals surface area contributed by atoms with Crippen LogP contribution in [0.3, 0.4) is 0 Å². The molecule has 1 heterocycles. The summed E-state index contributed by atoms with van der Waals surface area (Å²) in [5.41, 5.74) is 2.58. The van der Waals surface area contributed by atoms with Crippen molar-refractivity contribution in [2.45, 2.75) is 18.9 Å². The summed E-state index contributed by atoms with van der Waals surface area (Å²) in [6.45, 7) is 1.93. The summed E-state index contributed by atoms with van der Waals surface area (Å²) >= 11 is 5.83. The van der Waals surface area contributed by atoms with E-state index in [4.69, 9.17) is 16.3 Å². The minimum Gasteiger partial charge on any atom is -0.380 e. The Hall–Kier alpha value is -2.24. The highest BCUT2D eigenvalue weighted by Crippen LogP contribution is 2.23. The molecule has 5 nitrogen and oxygen atoms in total. The molecule has 0 saturated carbocycles. The molecule has 3 rings (SSSR count). The van der Waals surface area contributed by atoms with Gasteiger partial charge in [0.15, 0.2) is 0 Å². The molecule has 1 unspecified atom stereocenters. The first-order chi connectivity index (χ1) is 12.1. The number of urea groups is 1. The molecule has 0 bridgehead atoms. The van der Waals surface area contributed by atoms with Gasteiger partial charge in [-0.15, -0.1) is 0 Å². The Bertz CT molecular complexity index is 704. The van der Waals surface area contributed by atoms with Crippen LogP contribution in [0.25, 0.3) is 0 Å². The van der Waals surface area contributed by atoms with Gasteiger partial charge < -0.3 is 20.3 Å². The van der Waals surface area contributed by atoms with E-state index in [2.05, 4.69) is 15.5 Å². The largest absolute Gasteiger partial charge is 0.380 e. The average molecular weight is 360 g/mol. The highest BCUT2D eigenvalue weighted by atomic mass is 35.5. The van der Waals surface area contributed by atoms with Crippen molar-refractivity contribution < 1.29 is 9.53 Å². The number of carbonyl (C=O) groups excluding carboxylic acids is 1. The Balaban J connectivity index is 1.56. The number of nitrogens with zero attached hydrogens (tertiary/aromatic N) is 1. The van der Waals surface area contributed by atoms with Crippen molar-refractivity contribution in [3.05, 3.63) is 53.6 Å². The molecule has 0 radical (unpaired) electrons. The maximum Gasteiger partial charge on any atom is 0.323 e. The summed E-state index contributed by atoms with van der Waals surface area (Å²) in [5, 5.41) is 6.24. The first-order valence-corrected chi connectivity index (χ1v) is 8.73. The number of carbonyl (C=O) groups is 1. The highest BCUT2D eigenvalue weighted by Gasteiger charge is 2.19. The summed E-state index contributed by atoms with van der Waals surface area (Å²) in [4.78, 5) is 14.4. The summed E-state index contributed by atoms with van der Waals surface area (Å²) in [6, 6.07) is 14.6. The van der Waals surface area contributed by atoms with Crippen LogP contribution in [-0.2, 0) is 4.74 Å². The number of methoxy groups -OCH3 is 1. The molecular formula is C19H22ClN3O2. The molecule has 25 heavy (non-hydrogen) atoms. The molecule has 2 N–H and O–H groups in total. The lowest BCUT2D eigenvalue weighted by Gasteiger charge is -2.33. The first-order valence-electron chi connectivity index (χ1n) is 8.35. The molecule has 2 amide bonds. The van der Waals surface area contributed by atoms with Gasteiger partial charge in [-0.2, -0.15) is 0 Å². The molecule has 0 spiro atoms. The zero-order chi connectivity index (χ0) is 17.6. The van der Waals surface area contributed by atoms with E-state index in [1.807, 2.05) is 24.3 Å². The maximum atomic E-state index is 12.1. The lowest BCUT2D eigenvalue weighted by Crippen LogP contribution is -2.39. The lowest BCUT2D eigenvalue weighted by molar-refractivity contribution is 0.0893. The van der Waals surface area contributed by atoms with Crippen molar-refractivity contribution in [3.63, 3.8) is 0 Å². The van der Waals surface area contributed by atoms with Crippen molar-refractivity contribution in [3.8, 4) is 0 Å². The van der Waals surface area contributed by atoms with Gasteiger partial charge in [0.1, 0.15) is 0 Å². The number of rotatable bonds is 4. The van der Waals surface area contributed by atoms with E-state index in [0.717, 1.165) is 37.3 Å². The van der Waals surface area contributed by atoms with Gasteiger partial charge in [-0.25, -0.2) is 4.79 Å². The highest BCUT2D eigenvalue weighted by molar-refractivity contribution is 6.30. The topological polar surface area (TPSA) is 53.6 Å². The molecule has 2 aromatic rings. The van der Waals surface area contributed by atoms with Crippen molar-refractivity contribution in [1.29, 1.82) is 0 Å². The van der Waals surface area contributed by atoms with Crippen LogP contribution in [0.5, 0.6) is 0 Å². The van der Waals surface area contributed by atoms with Gasteiger partial charge in [0.25, 0.3) is 0 Å². The van der Waals surface area contributed by atoms with Crippen LogP contribution in [0.2, 0.25) is 5.02 Å². The molecule has 1 aliphatic heterocycles. The fourth-order valence-corrected chi connectivity index (χ4v) is 3.07. The standard InChI is InChI=1S/C19H22ClN3O2/c1-25-18-3-2-12-23(13-18)17-10-8-16(9-11-17)22-19(24)21-15-6-4-14(20)5-7-15/h4-11,18H,2-3,12-13H2,1H3,(H2,21,22,24). The number of ether oxygens (including phenoxy) is 1. The first kappa shape index (κ1) is 17.6. The number of hydrogen-bond donors (Lipinski definition) is 2. The number of amides is 2. The van der Waals surface area contributed by atoms with Crippen LogP contribution < -0.4 is 15.5 Å². The minimum atomic E-state index is -0.285. The number of anilines is 3. The zero-order valence-corrected chi connectivity index (χ0v) is 14.9. The quantitative estimate of drug-likeness (QED) is 0.838. The number of benzene rings is 2. The molecular weight excluding hydrogens is 338 g/mol. The van der Waals surface area contributed by atoms with Crippen LogP contribution in [0, 0.1) is 0 Å². The predicted octanol–water partition coefficient (Wildman–Crippen LogP) is 4.60. The summed E-state index contributed by atoms with van der Waals surface area (Å²) in [5.74, 6) is 0. The van der Waals surface area contributed by atoms with Gasteiger partial charge in [-0.1, -0.05) is 11.6 Å². The Kier molecular flexibility index (Phi) is 5.79. The monoisotopic (exact) mass is 359 g/mol. The summed E-state index contributed by atoms with van der Waals surface area (Å²) < 4.78 is 5.47. The van der Waals surface area contributed by atoms with E-state index in [1.54, 1.807) is 31.4 Å². The van der Waals surface area contributed by atoms with E-state index >= 15 is 0 Å². The van der Waals surface area contributed by atoms with Gasteiger partial charge in [-0.3, -0.25) is 0 Å². The van der Waals surface area contributed by atoms with E-state index in [1.165, 1.54) is 0 Å². The van der Waals surface area contributed by atoms with Crippen molar-refractivity contribution in [2.24, 2.45) is 0 Å². The second kappa shape index (κ2) is 8.23. The molecule has 1 atom stereocenters. The third-order valence-corrected chi connectivity index (χ3v) is 4.56. The van der Waals surface area contributed by atoms with E-state index in [0.29, 0.717) is 10.7 Å². The normalized spacial score (nSPS) is 17.2. The molecule has 2 aromatic carbocycles. The Morgan fingerprint density at radius 2 is 1.68 bits per heavy atom. The van der Waals surface area contributed by atoms with Crippen molar-refractivity contribution in [1.82, 2.24) is 0 Å². The molecule has 0 aliphatic carbocycles. The summed E-state index contributed by atoms with van der Waals surface area (Å²) in [7, 11) is 1.76. The number of nitrogens with one attached hydrogen (secondary N) is 2. The average Bonchev–Trinajstić information content (AvgIpc) is 2.64. The third-order valence-electron chi connectivity index (χ3n) is 4.30. The molecule has 132 valence electrons. The van der Waals surface area contributed by atoms with Gasteiger partial charge in [0.2, 0.25) is 0 Å². The van der Waals surface area contributed by atoms with Gasteiger partial charge in [-0.05, 0) is 61.4 Å². The maximum absolute atomic E-state index is 12.1. The Morgan fingerprint density at radius 3 is 2.28 bits per heavy atom. The van der Waals surface area contributed by atoms with E-state index < -0.39 is 0 Å². The van der Waals surface area contributed by atoms with E-state index in [9.17, 15) is 4.79 Å². The molecule has 1 fully saturated rings. The fraction of sp³-hybridized carbons (Fsp3) is 0.316. The smallest absolute Gasteiger partial charge is 0.323 e. The molecule has 1 saturated heterocycles. The minimum absolute atomic E-state index is 0.285. The Labute approximate surface area is 152 Å². The van der Waals surface area contributed by atoms with Crippen molar-refractivity contribution >= 4 is 34.7 Å². The zero-order valence-electron chi connectivity index (χ0n) is 14.2. The number of hydrogen-bond acceptors (Lipinski definition) is 3. The Morgan fingerprint density at radius 1 is 1.08 bits per heavy atom. The second-order valence-electron chi connectivity index (χ2n) is 6.08. The predicted molar refractivity (Wildman–Crippen MR) is 103 cm³/mol. The van der Waals surface area contributed by atoms with Crippen LogP contribution >= 0.6 is 11.6 Å². The lowest BCUT2D eigenvalue weighted by atomic mass is 10.1. The second-order valence-corrected chi connectivity index (χ2v) is 6.52. The van der Waals surface area contributed by atoms with Crippen LogP contribution in [-0.4, -0.2) is 32.3 Å². The number of piperidine rings is 1. The molecule has 1 aliphatic rings. The van der Waals surface area contributed by atoms with E-state index in [-0.39, 0.29) is 12.1 Å².